The number of ether oxygens (including phenoxy) is 1. The van der Waals surface area contributed by atoms with Crippen LogP contribution < -0.4 is 10.2 Å². The molecule has 2 aromatic carbocycles. The monoisotopic (exact) mass is 452 g/mol. The van der Waals surface area contributed by atoms with Crippen LogP contribution in [0.3, 0.4) is 0 Å². The Morgan fingerprint density at radius 1 is 1.19 bits per heavy atom. The predicted octanol–water partition coefficient (Wildman–Crippen LogP) is 4.64. The third-order valence-corrected chi connectivity index (χ3v) is 5.70. The highest BCUT2D eigenvalue weighted by atomic mass is 32.2. The Morgan fingerprint density at radius 3 is 2.50 bits per heavy atom. The van der Waals surface area contributed by atoms with Gasteiger partial charge >= 0.3 is 0 Å². The van der Waals surface area contributed by atoms with E-state index in [9.17, 15) is 14.9 Å². The topological polar surface area (TPSA) is 98.8 Å². The molecule has 3 aromatic rings. The van der Waals surface area contributed by atoms with Gasteiger partial charge in [-0.15, -0.1) is 11.8 Å². The first-order chi connectivity index (χ1) is 15.4. The highest BCUT2D eigenvalue weighted by Crippen LogP contribution is 2.23. The number of hydrogen-bond acceptors (Lipinski definition) is 6. The summed E-state index contributed by atoms with van der Waals surface area (Å²) in [4.78, 5) is 23.1. The fourth-order valence-corrected chi connectivity index (χ4v) is 3.88. The van der Waals surface area contributed by atoms with Crippen molar-refractivity contribution in [2.75, 3.05) is 12.4 Å². The number of carbonyl (C=O) groups is 1. The number of hydrazone groups is 1. The van der Waals surface area contributed by atoms with E-state index >= 15 is 0 Å². The fourth-order valence-electron chi connectivity index (χ4n) is 3.19. The molecule has 0 bridgehead atoms. The molecule has 0 unspecified atom stereocenters. The number of aryl methyl sites for hydroxylation is 1. The summed E-state index contributed by atoms with van der Waals surface area (Å²) in [6, 6.07) is 16.0. The molecule has 0 saturated carbocycles. The summed E-state index contributed by atoms with van der Waals surface area (Å²) in [5.74, 6) is 0.722. The van der Waals surface area contributed by atoms with Crippen molar-refractivity contribution in [3.63, 3.8) is 0 Å². The minimum atomic E-state index is -0.456. The number of benzene rings is 2. The van der Waals surface area contributed by atoms with E-state index < -0.39 is 4.92 Å². The van der Waals surface area contributed by atoms with Gasteiger partial charge in [-0.25, -0.2) is 5.43 Å². The van der Waals surface area contributed by atoms with Gasteiger partial charge in [-0.2, -0.15) is 5.10 Å². The van der Waals surface area contributed by atoms with Crippen molar-refractivity contribution in [2.24, 2.45) is 5.10 Å². The largest absolute Gasteiger partial charge is 0.494 e. The van der Waals surface area contributed by atoms with Crippen LogP contribution in [0.15, 0.2) is 64.6 Å². The van der Waals surface area contributed by atoms with Gasteiger partial charge in [0.25, 0.3) is 5.69 Å². The average molecular weight is 453 g/mol. The van der Waals surface area contributed by atoms with Crippen molar-refractivity contribution >= 4 is 29.6 Å². The van der Waals surface area contributed by atoms with Gasteiger partial charge in [-0.1, -0.05) is 0 Å². The Kier molecular flexibility index (Phi) is 7.67. The van der Waals surface area contributed by atoms with E-state index in [1.165, 1.54) is 23.9 Å². The standard InChI is InChI=1S/C23H24N4O4S/c1-4-31-21-9-5-19(6-10-21)26-16(2)13-18(17(26)3)14-24-25-23(28)15-32-22-11-7-20(8-12-22)27(29)30/h5-14H,4,15H2,1-3H3,(H,25,28)/b24-14-. The lowest BCUT2D eigenvalue weighted by Gasteiger charge is -2.10. The number of aromatic nitrogens is 1. The highest BCUT2D eigenvalue weighted by molar-refractivity contribution is 8.00. The van der Waals surface area contributed by atoms with Gasteiger partial charge in [0.1, 0.15) is 5.75 Å². The SMILES string of the molecule is CCOc1ccc(-n2c(C)cc(/C=N\NC(=O)CSc3ccc([N+](=O)[O-])cc3)c2C)cc1. The van der Waals surface area contributed by atoms with E-state index in [-0.39, 0.29) is 17.3 Å². The van der Waals surface area contributed by atoms with Gasteiger partial charge in [-0.3, -0.25) is 14.9 Å². The van der Waals surface area contributed by atoms with Crippen molar-refractivity contribution in [3.05, 3.63) is 81.7 Å². The minimum Gasteiger partial charge on any atom is -0.494 e. The lowest BCUT2D eigenvalue weighted by Crippen LogP contribution is -2.19. The summed E-state index contributed by atoms with van der Waals surface area (Å²) in [7, 11) is 0. The second kappa shape index (κ2) is 10.6. The summed E-state index contributed by atoms with van der Waals surface area (Å²) in [6.07, 6.45) is 1.63. The highest BCUT2D eigenvalue weighted by Gasteiger charge is 2.10. The second-order valence-electron chi connectivity index (χ2n) is 6.92. The third kappa shape index (κ3) is 5.76. The lowest BCUT2D eigenvalue weighted by molar-refractivity contribution is -0.384. The number of rotatable bonds is 9. The molecule has 0 aliphatic heterocycles. The molecule has 0 fully saturated rings. The van der Waals surface area contributed by atoms with Crippen LogP contribution in [0.1, 0.15) is 23.9 Å². The van der Waals surface area contributed by atoms with Crippen LogP contribution in [0.5, 0.6) is 5.75 Å². The van der Waals surface area contributed by atoms with E-state index in [4.69, 9.17) is 4.74 Å². The molecule has 0 spiro atoms. The van der Waals surface area contributed by atoms with Crippen molar-refractivity contribution in [1.29, 1.82) is 0 Å². The first-order valence-corrected chi connectivity index (χ1v) is 11.0. The number of nitro benzene ring substituents is 1. The summed E-state index contributed by atoms with van der Waals surface area (Å²) in [5.41, 5.74) is 6.52. The molecule has 9 heteroatoms. The van der Waals surface area contributed by atoms with E-state index in [1.807, 2.05) is 51.1 Å². The summed E-state index contributed by atoms with van der Waals surface area (Å²) < 4.78 is 7.62. The third-order valence-electron chi connectivity index (χ3n) is 4.69. The van der Waals surface area contributed by atoms with E-state index in [0.29, 0.717) is 6.61 Å². The Hall–Kier alpha value is -3.59. The zero-order valence-corrected chi connectivity index (χ0v) is 18.9. The van der Waals surface area contributed by atoms with Crippen LogP contribution in [-0.2, 0) is 4.79 Å². The molecule has 1 N–H and O–H groups in total. The van der Waals surface area contributed by atoms with Crippen molar-refractivity contribution in [2.45, 2.75) is 25.7 Å². The molecular formula is C23H24N4O4S. The van der Waals surface area contributed by atoms with Crippen LogP contribution in [0.2, 0.25) is 0 Å². The molecule has 0 aliphatic carbocycles. The molecule has 8 nitrogen and oxygen atoms in total. The fraction of sp³-hybridized carbons (Fsp3) is 0.217. The van der Waals surface area contributed by atoms with Crippen LogP contribution in [0.4, 0.5) is 5.69 Å². The Morgan fingerprint density at radius 2 is 1.88 bits per heavy atom. The number of hydrogen-bond donors (Lipinski definition) is 1. The summed E-state index contributed by atoms with van der Waals surface area (Å²) in [5, 5.41) is 14.8. The molecule has 32 heavy (non-hydrogen) atoms. The van der Waals surface area contributed by atoms with Crippen LogP contribution >= 0.6 is 11.8 Å². The Labute approximate surface area is 190 Å². The Bertz CT molecular complexity index is 1120. The molecule has 0 aliphatic rings. The molecule has 0 atom stereocenters. The number of nitro groups is 1. The molecule has 1 heterocycles. The van der Waals surface area contributed by atoms with Crippen LogP contribution in [0.25, 0.3) is 5.69 Å². The second-order valence-corrected chi connectivity index (χ2v) is 7.97. The van der Waals surface area contributed by atoms with E-state index in [0.717, 1.165) is 33.3 Å². The smallest absolute Gasteiger partial charge is 0.269 e. The first-order valence-electron chi connectivity index (χ1n) is 10.0. The van der Waals surface area contributed by atoms with Gasteiger partial charge in [0.2, 0.25) is 5.91 Å². The summed E-state index contributed by atoms with van der Waals surface area (Å²) in [6.45, 7) is 6.59. The maximum absolute atomic E-state index is 12.1. The molecule has 3 rings (SSSR count). The average Bonchev–Trinajstić information content (AvgIpc) is 3.06. The first kappa shape index (κ1) is 23.1. The zero-order valence-electron chi connectivity index (χ0n) is 18.1. The normalized spacial score (nSPS) is 11.0. The van der Waals surface area contributed by atoms with Gasteiger partial charge in [0.15, 0.2) is 0 Å². The number of non-ortho nitro benzene ring substituents is 1. The Balaban J connectivity index is 1.58. The molecule has 0 radical (unpaired) electrons. The molecule has 1 amide bonds. The number of amides is 1. The van der Waals surface area contributed by atoms with Gasteiger partial charge in [0.05, 0.1) is 23.5 Å². The molecular weight excluding hydrogens is 428 g/mol. The van der Waals surface area contributed by atoms with Crippen molar-refractivity contribution in [3.8, 4) is 11.4 Å². The molecule has 166 valence electrons. The lowest BCUT2D eigenvalue weighted by atomic mass is 10.2. The maximum Gasteiger partial charge on any atom is 0.269 e. The zero-order chi connectivity index (χ0) is 23.1. The number of thioether (sulfide) groups is 1. The van der Waals surface area contributed by atoms with E-state index in [2.05, 4.69) is 15.1 Å². The molecule has 1 aromatic heterocycles. The maximum atomic E-state index is 12.1. The predicted molar refractivity (Wildman–Crippen MR) is 126 cm³/mol. The van der Waals surface area contributed by atoms with Crippen LogP contribution in [-0.4, -0.2) is 34.0 Å². The van der Waals surface area contributed by atoms with Crippen molar-refractivity contribution in [1.82, 2.24) is 9.99 Å². The van der Waals surface area contributed by atoms with Gasteiger partial charge < -0.3 is 9.30 Å². The van der Waals surface area contributed by atoms with Gasteiger partial charge in [-0.05, 0) is 63.2 Å². The van der Waals surface area contributed by atoms with Crippen LogP contribution in [0, 0.1) is 24.0 Å². The minimum absolute atomic E-state index is 0.0197. The summed E-state index contributed by atoms with van der Waals surface area (Å²) >= 11 is 1.28. The number of nitrogens with one attached hydrogen (secondary N) is 1. The number of carbonyl (C=O) groups excluding carboxylic acids is 1. The van der Waals surface area contributed by atoms with Crippen molar-refractivity contribution < 1.29 is 14.5 Å². The molecule has 0 saturated heterocycles. The number of nitrogens with zero attached hydrogens (tertiary/aromatic N) is 3. The van der Waals surface area contributed by atoms with E-state index in [1.54, 1.807) is 18.3 Å². The van der Waals surface area contributed by atoms with Gasteiger partial charge in [0, 0.05) is 39.7 Å². The quantitative estimate of drug-likeness (QED) is 0.221.